The van der Waals surface area contributed by atoms with Gasteiger partial charge in [-0.15, -0.1) is 0 Å². The van der Waals surface area contributed by atoms with Gasteiger partial charge < -0.3 is 20.1 Å². The van der Waals surface area contributed by atoms with Crippen molar-refractivity contribution >= 4 is 11.7 Å². The summed E-state index contributed by atoms with van der Waals surface area (Å²) in [5.74, 6) is 2.39. The third-order valence-corrected chi connectivity index (χ3v) is 5.41. The van der Waals surface area contributed by atoms with Crippen molar-refractivity contribution in [3.63, 3.8) is 0 Å². The Morgan fingerprint density at radius 3 is 1.45 bits per heavy atom. The molecule has 0 aliphatic heterocycles. The molecule has 4 N–H and O–H groups in total. The van der Waals surface area contributed by atoms with Crippen LogP contribution in [0.2, 0.25) is 0 Å². The summed E-state index contributed by atoms with van der Waals surface area (Å²) in [5, 5.41) is 21.5. The fourth-order valence-electron chi connectivity index (χ4n) is 3.66. The van der Waals surface area contributed by atoms with Crippen molar-refractivity contribution in [2.45, 2.75) is 34.0 Å². The van der Waals surface area contributed by atoms with Crippen LogP contribution in [-0.4, -0.2) is 25.8 Å². The predicted molar refractivity (Wildman–Crippen MR) is 134 cm³/mol. The lowest BCUT2D eigenvalue weighted by Crippen LogP contribution is -2.17. The lowest BCUT2D eigenvalue weighted by Gasteiger charge is -2.14. The Kier molecular flexibility index (Phi) is 7.72. The molecule has 3 aromatic carbocycles. The number of hydrogen-bond acceptors (Lipinski definition) is 4. The van der Waals surface area contributed by atoms with Gasteiger partial charge in [0, 0.05) is 25.2 Å². The fourth-order valence-corrected chi connectivity index (χ4v) is 3.66. The van der Waals surface area contributed by atoms with Gasteiger partial charge in [0.15, 0.2) is 0 Å². The maximum Gasteiger partial charge on any atom is 0.125 e. The minimum Gasteiger partial charge on any atom is -0.489 e. The van der Waals surface area contributed by atoms with Gasteiger partial charge in [0.05, 0.1) is 0 Å². The Labute approximate surface area is 196 Å². The Hall–Kier alpha value is -3.80. The minimum absolute atomic E-state index is 0.387. The standard InChI is InChI=1S/C27H32N4O2/c1-17-10-20(15-32-24-8-6-22(12-18(24)2)26(28)30-4)14-21(11-17)16-33-25-9-7-23(13-19(25)3)27(29)31-5/h6-14H,15-16H2,1-5H3,(H2,28,30)(H2,29,31). The smallest absolute Gasteiger partial charge is 0.125 e. The molecule has 0 unspecified atom stereocenters. The van der Waals surface area contributed by atoms with Crippen molar-refractivity contribution in [1.82, 2.24) is 10.6 Å². The lowest BCUT2D eigenvalue weighted by molar-refractivity contribution is 0.297. The molecule has 172 valence electrons. The van der Waals surface area contributed by atoms with Gasteiger partial charge in [0.25, 0.3) is 0 Å². The fraction of sp³-hybridized carbons (Fsp3) is 0.259. The van der Waals surface area contributed by atoms with E-state index in [1.807, 2.05) is 50.2 Å². The third kappa shape index (κ3) is 6.13. The van der Waals surface area contributed by atoms with Crippen LogP contribution in [0.1, 0.15) is 38.9 Å². The molecule has 0 bridgehead atoms. The second-order valence-electron chi connectivity index (χ2n) is 8.11. The van der Waals surface area contributed by atoms with Crippen LogP contribution in [-0.2, 0) is 13.2 Å². The average molecular weight is 445 g/mol. The molecule has 3 rings (SSSR count). The first-order valence-corrected chi connectivity index (χ1v) is 10.9. The largest absolute Gasteiger partial charge is 0.489 e. The Bertz CT molecular complexity index is 1080. The average Bonchev–Trinajstić information content (AvgIpc) is 2.81. The second-order valence-corrected chi connectivity index (χ2v) is 8.11. The van der Waals surface area contributed by atoms with Crippen molar-refractivity contribution in [3.05, 3.63) is 93.5 Å². The molecule has 0 saturated heterocycles. The molecule has 0 aliphatic carbocycles. The first-order valence-electron chi connectivity index (χ1n) is 10.9. The van der Waals surface area contributed by atoms with Gasteiger partial charge in [0.2, 0.25) is 0 Å². The summed E-state index contributed by atoms with van der Waals surface area (Å²) >= 11 is 0. The maximum absolute atomic E-state index is 7.91. The van der Waals surface area contributed by atoms with Gasteiger partial charge in [0.1, 0.15) is 36.4 Å². The third-order valence-electron chi connectivity index (χ3n) is 5.41. The zero-order valence-corrected chi connectivity index (χ0v) is 19.9. The number of nitrogens with one attached hydrogen (secondary N) is 4. The molecular formula is C27H32N4O2. The van der Waals surface area contributed by atoms with Crippen molar-refractivity contribution in [1.29, 1.82) is 10.8 Å². The maximum atomic E-state index is 7.91. The highest BCUT2D eigenvalue weighted by molar-refractivity contribution is 5.96. The van der Waals surface area contributed by atoms with Crippen LogP contribution < -0.4 is 20.1 Å². The number of hydrogen-bond donors (Lipinski definition) is 4. The molecular weight excluding hydrogens is 412 g/mol. The van der Waals surface area contributed by atoms with Crippen LogP contribution in [0.4, 0.5) is 0 Å². The van der Waals surface area contributed by atoms with E-state index in [2.05, 4.69) is 35.8 Å². The number of benzene rings is 3. The quantitative estimate of drug-likeness (QED) is 0.295. The normalized spacial score (nSPS) is 10.5. The Morgan fingerprint density at radius 2 is 1.09 bits per heavy atom. The summed E-state index contributed by atoms with van der Waals surface area (Å²) in [6.07, 6.45) is 0. The molecule has 0 heterocycles. The summed E-state index contributed by atoms with van der Waals surface area (Å²) < 4.78 is 12.1. The topological polar surface area (TPSA) is 90.2 Å². The first kappa shape index (κ1) is 23.9. The van der Waals surface area contributed by atoms with Crippen molar-refractivity contribution < 1.29 is 9.47 Å². The first-order chi connectivity index (χ1) is 15.8. The number of ether oxygens (including phenoxy) is 2. The molecule has 3 aromatic rings. The zero-order valence-electron chi connectivity index (χ0n) is 19.9. The van der Waals surface area contributed by atoms with E-state index in [0.717, 1.165) is 50.4 Å². The van der Waals surface area contributed by atoms with Gasteiger partial charge in [-0.3, -0.25) is 10.8 Å². The molecule has 0 aromatic heterocycles. The summed E-state index contributed by atoms with van der Waals surface area (Å²) in [6.45, 7) is 6.96. The van der Waals surface area contributed by atoms with Gasteiger partial charge in [-0.2, -0.15) is 0 Å². The van der Waals surface area contributed by atoms with E-state index in [1.54, 1.807) is 14.1 Å². The van der Waals surface area contributed by atoms with Crippen LogP contribution in [0.5, 0.6) is 11.5 Å². The highest BCUT2D eigenvalue weighted by Crippen LogP contribution is 2.23. The van der Waals surface area contributed by atoms with E-state index < -0.39 is 0 Å². The van der Waals surface area contributed by atoms with E-state index in [0.29, 0.717) is 24.9 Å². The summed E-state index contributed by atoms with van der Waals surface area (Å²) in [4.78, 5) is 0. The van der Waals surface area contributed by atoms with Gasteiger partial charge in [-0.1, -0.05) is 17.7 Å². The molecule has 6 heteroatoms. The SMILES string of the molecule is CNC(=N)c1ccc(OCc2cc(C)cc(COc3ccc(C(=N)NC)cc3C)c2)c(C)c1. The summed E-state index contributed by atoms with van der Waals surface area (Å²) in [6, 6.07) is 17.9. The monoisotopic (exact) mass is 444 g/mol. The molecule has 0 fully saturated rings. The van der Waals surface area contributed by atoms with Crippen LogP contribution in [0.15, 0.2) is 54.6 Å². The highest BCUT2D eigenvalue weighted by atomic mass is 16.5. The summed E-state index contributed by atoms with van der Waals surface area (Å²) in [7, 11) is 3.49. The molecule has 0 radical (unpaired) electrons. The number of aryl methyl sites for hydroxylation is 3. The molecule has 0 atom stereocenters. The Morgan fingerprint density at radius 1 is 0.667 bits per heavy atom. The van der Waals surface area contributed by atoms with Crippen LogP contribution in [0.25, 0.3) is 0 Å². The van der Waals surface area contributed by atoms with Crippen molar-refractivity contribution in [2.75, 3.05) is 14.1 Å². The highest BCUT2D eigenvalue weighted by Gasteiger charge is 2.08. The molecule has 0 amide bonds. The van der Waals surface area contributed by atoms with Gasteiger partial charge in [-0.25, -0.2) is 0 Å². The number of amidine groups is 2. The number of rotatable bonds is 8. The van der Waals surface area contributed by atoms with E-state index in [9.17, 15) is 0 Å². The molecule has 6 nitrogen and oxygen atoms in total. The lowest BCUT2D eigenvalue weighted by atomic mass is 10.1. The molecule has 0 spiro atoms. The van der Waals surface area contributed by atoms with E-state index in [1.165, 1.54) is 0 Å². The predicted octanol–water partition coefficient (Wildman–Crippen LogP) is 4.86. The molecule has 0 aliphatic rings. The van der Waals surface area contributed by atoms with Gasteiger partial charge >= 0.3 is 0 Å². The van der Waals surface area contributed by atoms with E-state index in [4.69, 9.17) is 20.3 Å². The Balaban J connectivity index is 1.66. The van der Waals surface area contributed by atoms with Gasteiger partial charge in [-0.05, 0) is 85.5 Å². The van der Waals surface area contributed by atoms with E-state index >= 15 is 0 Å². The zero-order chi connectivity index (χ0) is 24.0. The second kappa shape index (κ2) is 10.7. The van der Waals surface area contributed by atoms with Crippen LogP contribution in [0, 0.1) is 31.6 Å². The molecule has 0 saturated carbocycles. The van der Waals surface area contributed by atoms with Crippen LogP contribution >= 0.6 is 0 Å². The van der Waals surface area contributed by atoms with E-state index in [-0.39, 0.29) is 0 Å². The summed E-state index contributed by atoms with van der Waals surface area (Å²) in [5.41, 5.74) is 6.97. The van der Waals surface area contributed by atoms with Crippen LogP contribution in [0.3, 0.4) is 0 Å². The van der Waals surface area contributed by atoms with Crippen molar-refractivity contribution in [3.8, 4) is 11.5 Å². The van der Waals surface area contributed by atoms with Crippen molar-refractivity contribution in [2.24, 2.45) is 0 Å². The minimum atomic E-state index is 0.387. The molecule has 33 heavy (non-hydrogen) atoms.